The van der Waals surface area contributed by atoms with Crippen LogP contribution in [0, 0.1) is 0 Å². The van der Waals surface area contributed by atoms with Crippen molar-refractivity contribution in [3.8, 4) is 0 Å². The van der Waals surface area contributed by atoms with Crippen LogP contribution in [-0.2, 0) is 4.74 Å². The summed E-state index contributed by atoms with van der Waals surface area (Å²) in [6, 6.07) is 2.14. The molecular formula is C15H24N4O2. The van der Waals surface area contributed by atoms with Crippen LogP contribution in [0.5, 0.6) is 0 Å². The van der Waals surface area contributed by atoms with Crippen molar-refractivity contribution in [2.45, 2.75) is 64.1 Å². The van der Waals surface area contributed by atoms with Gasteiger partial charge in [0.15, 0.2) is 0 Å². The van der Waals surface area contributed by atoms with Gasteiger partial charge in [0.2, 0.25) is 5.95 Å². The number of anilines is 1. The summed E-state index contributed by atoms with van der Waals surface area (Å²) in [5.41, 5.74) is -0.263. The lowest BCUT2D eigenvalue weighted by Crippen LogP contribution is -2.43. The number of amides is 1. The van der Waals surface area contributed by atoms with Gasteiger partial charge in [-0.3, -0.25) is 0 Å². The van der Waals surface area contributed by atoms with Crippen LogP contribution in [0.3, 0.4) is 0 Å². The zero-order chi connectivity index (χ0) is 15.3. The molecule has 6 nitrogen and oxygen atoms in total. The number of rotatable bonds is 3. The van der Waals surface area contributed by atoms with Gasteiger partial charge in [-0.25, -0.2) is 14.8 Å². The number of hydrogen-bond donors (Lipinski definition) is 2. The van der Waals surface area contributed by atoms with Gasteiger partial charge in [0.05, 0.1) is 0 Å². The Hall–Kier alpha value is -1.85. The molecule has 1 fully saturated rings. The largest absolute Gasteiger partial charge is 0.446 e. The molecule has 0 spiro atoms. The Balaban J connectivity index is 1.72. The highest BCUT2D eigenvalue weighted by Crippen LogP contribution is 2.23. The van der Waals surface area contributed by atoms with E-state index in [0.29, 0.717) is 12.0 Å². The number of carbonyl (C=O) groups excluding carboxylic acids is 1. The molecule has 21 heavy (non-hydrogen) atoms. The van der Waals surface area contributed by atoms with Crippen molar-refractivity contribution in [2.75, 3.05) is 5.32 Å². The van der Waals surface area contributed by atoms with Gasteiger partial charge in [-0.1, -0.05) is 0 Å². The maximum Gasteiger partial charge on any atom is 0.407 e. The smallest absolute Gasteiger partial charge is 0.407 e. The summed E-state index contributed by atoms with van der Waals surface area (Å²) in [7, 11) is 0. The van der Waals surface area contributed by atoms with Gasteiger partial charge in [0.25, 0.3) is 0 Å². The fourth-order valence-electron chi connectivity index (χ4n) is 2.37. The van der Waals surface area contributed by atoms with Gasteiger partial charge in [0.1, 0.15) is 6.10 Å². The Kier molecular flexibility index (Phi) is 4.98. The second-order valence-electron chi connectivity index (χ2n) is 6.47. The Labute approximate surface area is 125 Å². The van der Waals surface area contributed by atoms with Crippen molar-refractivity contribution in [1.29, 1.82) is 0 Å². The summed E-state index contributed by atoms with van der Waals surface area (Å²) in [5, 5.41) is 6.14. The first-order chi connectivity index (χ1) is 9.92. The number of carbonyl (C=O) groups is 1. The van der Waals surface area contributed by atoms with Crippen molar-refractivity contribution in [3.05, 3.63) is 18.5 Å². The molecule has 6 heteroatoms. The van der Waals surface area contributed by atoms with Gasteiger partial charge >= 0.3 is 6.09 Å². The van der Waals surface area contributed by atoms with Gasteiger partial charge in [-0.05, 0) is 52.5 Å². The van der Waals surface area contributed by atoms with E-state index in [1.165, 1.54) is 0 Å². The highest BCUT2D eigenvalue weighted by molar-refractivity contribution is 5.68. The topological polar surface area (TPSA) is 76.1 Å². The molecule has 2 rings (SSSR count). The predicted molar refractivity (Wildman–Crippen MR) is 81.1 cm³/mol. The molecule has 0 saturated heterocycles. The van der Waals surface area contributed by atoms with E-state index in [2.05, 4.69) is 20.6 Å². The molecule has 1 aliphatic carbocycles. The van der Waals surface area contributed by atoms with E-state index < -0.39 is 0 Å². The SMILES string of the molecule is CC(C)(C)NC(=O)OC1CCC(Nc2ncccn2)CC1. The number of alkyl carbamates (subject to hydrolysis) is 1. The predicted octanol–water partition coefficient (Wildman–Crippen LogP) is 2.72. The van der Waals surface area contributed by atoms with E-state index in [1.807, 2.05) is 20.8 Å². The summed E-state index contributed by atoms with van der Waals surface area (Å²) in [5.74, 6) is 0.660. The molecule has 1 heterocycles. The summed E-state index contributed by atoms with van der Waals surface area (Å²) in [6.07, 6.45) is 6.75. The quantitative estimate of drug-likeness (QED) is 0.896. The fraction of sp³-hybridized carbons (Fsp3) is 0.667. The Morgan fingerprint density at radius 3 is 2.38 bits per heavy atom. The van der Waals surface area contributed by atoms with Crippen LogP contribution >= 0.6 is 0 Å². The standard InChI is InChI=1S/C15H24N4O2/c1-15(2,3)19-14(20)21-12-7-5-11(6-8-12)18-13-16-9-4-10-17-13/h4,9-12H,5-8H2,1-3H3,(H,19,20)(H,16,17,18). The minimum absolute atomic E-state index is 0.00194. The fourth-order valence-corrected chi connectivity index (χ4v) is 2.37. The van der Waals surface area contributed by atoms with Crippen LogP contribution in [0.1, 0.15) is 46.5 Å². The van der Waals surface area contributed by atoms with Crippen LogP contribution in [-0.4, -0.2) is 33.7 Å². The van der Waals surface area contributed by atoms with Crippen LogP contribution in [0.25, 0.3) is 0 Å². The molecule has 0 unspecified atom stereocenters. The zero-order valence-corrected chi connectivity index (χ0v) is 12.9. The molecule has 0 radical (unpaired) electrons. The lowest BCUT2D eigenvalue weighted by atomic mass is 9.93. The van der Waals surface area contributed by atoms with Gasteiger partial charge in [0, 0.05) is 24.0 Å². The molecule has 2 N–H and O–H groups in total. The van der Waals surface area contributed by atoms with Gasteiger partial charge in [-0.15, -0.1) is 0 Å². The molecule has 0 bridgehead atoms. The first kappa shape index (κ1) is 15.5. The number of nitrogens with one attached hydrogen (secondary N) is 2. The lowest BCUT2D eigenvalue weighted by molar-refractivity contribution is 0.0682. The molecule has 1 aromatic rings. The van der Waals surface area contributed by atoms with E-state index in [-0.39, 0.29) is 17.7 Å². The highest BCUT2D eigenvalue weighted by atomic mass is 16.6. The first-order valence-corrected chi connectivity index (χ1v) is 7.45. The van der Waals surface area contributed by atoms with Crippen molar-refractivity contribution < 1.29 is 9.53 Å². The second kappa shape index (κ2) is 6.74. The zero-order valence-electron chi connectivity index (χ0n) is 12.9. The minimum atomic E-state index is -0.328. The molecule has 0 aliphatic heterocycles. The molecular weight excluding hydrogens is 268 g/mol. The average Bonchev–Trinajstić information content (AvgIpc) is 2.40. The summed E-state index contributed by atoms with van der Waals surface area (Å²) < 4.78 is 5.46. The van der Waals surface area contributed by atoms with Crippen LogP contribution in [0.4, 0.5) is 10.7 Å². The molecule has 116 valence electrons. The van der Waals surface area contributed by atoms with E-state index in [9.17, 15) is 4.79 Å². The maximum atomic E-state index is 11.7. The highest BCUT2D eigenvalue weighted by Gasteiger charge is 2.25. The van der Waals surface area contributed by atoms with Crippen molar-refractivity contribution in [1.82, 2.24) is 15.3 Å². The number of hydrogen-bond acceptors (Lipinski definition) is 5. The van der Waals surface area contributed by atoms with E-state index in [0.717, 1.165) is 25.7 Å². The third-order valence-electron chi connectivity index (χ3n) is 3.32. The molecule has 1 saturated carbocycles. The first-order valence-electron chi connectivity index (χ1n) is 7.45. The minimum Gasteiger partial charge on any atom is -0.446 e. The van der Waals surface area contributed by atoms with Crippen molar-refractivity contribution in [3.63, 3.8) is 0 Å². The third kappa shape index (κ3) is 5.57. The maximum absolute atomic E-state index is 11.7. The molecule has 0 atom stereocenters. The molecule has 0 aromatic carbocycles. The van der Waals surface area contributed by atoms with Crippen molar-refractivity contribution in [2.24, 2.45) is 0 Å². The van der Waals surface area contributed by atoms with Gasteiger partial charge in [-0.2, -0.15) is 0 Å². The average molecular weight is 292 g/mol. The van der Waals surface area contributed by atoms with E-state index in [1.54, 1.807) is 18.5 Å². The van der Waals surface area contributed by atoms with Crippen molar-refractivity contribution >= 4 is 12.0 Å². The van der Waals surface area contributed by atoms with Crippen LogP contribution in [0.15, 0.2) is 18.5 Å². The van der Waals surface area contributed by atoms with E-state index in [4.69, 9.17) is 4.74 Å². The summed E-state index contributed by atoms with van der Waals surface area (Å²) >= 11 is 0. The summed E-state index contributed by atoms with van der Waals surface area (Å²) in [4.78, 5) is 20.1. The number of nitrogens with zero attached hydrogens (tertiary/aromatic N) is 2. The molecule has 1 amide bonds. The second-order valence-corrected chi connectivity index (χ2v) is 6.47. The Morgan fingerprint density at radius 2 is 1.81 bits per heavy atom. The molecule has 1 aliphatic rings. The molecule has 1 aromatic heterocycles. The summed E-state index contributed by atoms with van der Waals surface area (Å²) in [6.45, 7) is 5.82. The Morgan fingerprint density at radius 1 is 1.19 bits per heavy atom. The van der Waals surface area contributed by atoms with Gasteiger partial charge < -0.3 is 15.4 Å². The van der Waals surface area contributed by atoms with Crippen LogP contribution < -0.4 is 10.6 Å². The van der Waals surface area contributed by atoms with Crippen LogP contribution in [0.2, 0.25) is 0 Å². The Bertz CT molecular complexity index is 450. The number of aromatic nitrogens is 2. The normalized spacial score (nSPS) is 22.4. The third-order valence-corrected chi connectivity index (χ3v) is 3.32. The monoisotopic (exact) mass is 292 g/mol. The van der Waals surface area contributed by atoms with E-state index >= 15 is 0 Å². The number of ether oxygens (including phenoxy) is 1. The lowest BCUT2D eigenvalue weighted by Gasteiger charge is -2.30.